The van der Waals surface area contributed by atoms with Gasteiger partial charge in [-0.15, -0.1) is 0 Å². The van der Waals surface area contributed by atoms with Gasteiger partial charge in [-0.2, -0.15) is 0 Å². The summed E-state index contributed by atoms with van der Waals surface area (Å²) >= 11 is 0. The maximum Gasteiger partial charge on any atom is 0.317 e. The zero-order valence-corrected chi connectivity index (χ0v) is 10.8. The predicted octanol–water partition coefficient (Wildman–Crippen LogP) is 1.41. The highest BCUT2D eigenvalue weighted by Crippen LogP contribution is 2.39. The van der Waals surface area contributed by atoms with E-state index in [1.807, 2.05) is 0 Å². The highest BCUT2D eigenvalue weighted by molar-refractivity contribution is 6.78. The van der Waals surface area contributed by atoms with Crippen molar-refractivity contribution in [3.05, 3.63) is 11.3 Å². The Kier molecular flexibility index (Phi) is 2.75. The molecule has 0 aromatic rings. The first-order valence-electron chi connectivity index (χ1n) is 5.46. The molecule has 0 aromatic carbocycles. The molecule has 88 valence electrons. The number of cyclic esters (lactones) is 2. The second kappa shape index (κ2) is 3.82. The van der Waals surface area contributed by atoms with Gasteiger partial charge in [0.2, 0.25) is 8.32 Å². The Morgan fingerprint density at radius 1 is 1.31 bits per heavy atom. The molecule has 5 heteroatoms. The second-order valence-corrected chi connectivity index (χ2v) is 8.91. The van der Waals surface area contributed by atoms with Crippen molar-refractivity contribution in [1.82, 2.24) is 0 Å². The van der Waals surface area contributed by atoms with Crippen molar-refractivity contribution in [2.75, 3.05) is 7.11 Å². The Morgan fingerprint density at radius 3 is 2.56 bits per heavy atom. The van der Waals surface area contributed by atoms with Crippen LogP contribution >= 0.6 is 0 Å². The summed E-state index contributed by atoms with van der Waals surface area (Å²) in [6, 6.07) is 0. The topological polar surface area (TPSA) is 52.6 Å². The summed E-state index contributed by atoms with van der Waals surface area (Å²) in [4.78, 5) is 22.8. The quantitative estimate of drug-likeness (QED) is 0.416. The molecule has 1 saturated heterocycles. The molecule has 0 bridgehead atoms. The van der Waals surface area contributed by atoms with Crippen LogP contribution in [-0.4, -0.2) is 27.4 Å². The third-order valence-electron chi connectivity index (χ3n) is 3.63. The summed E-state index contributed by atoms with van der Waals surface area (Å²) in [5.74, 6) is -1.24. The van der Waals surface area contributed by atoms with Gasteiger partial charge in [0.05, 0.1) is 11.8 Å². The summed E-state index contributed by atoms with van der Waals surface area (Å²) < 4.78 is 10.2. The maximum absolute atomic E-state index is 11.5. The van der Waals surface area contributed by atoms with Gasteiger partial charge in [-0.1, -0.05) is 11.3 Å². The van der Waals surface area contributed by atoms with Gasteiger partial charge in [-0.3, -0.25) is 9.59 Å². The third-order valence-corrected chi connectivity index (χ3v) is 6.61. The van der Waals surface area contributed by atoms with Crippen molar-refractivity contribution < 1.29 is 18.8 Å². The van der Waals surface area contributed by atoms with Gasteiger partial charge in [-0.25, -0.2) is 0 Å². The van der Waals surface area contributed by atoms with E-state index in [1.54, 1.807) is 7.11 Å². The van der Waals surface area contributed by atoms with Crippen LogP contribution in [0.1, 0.15) is 12.8 Å². The Morgan fingerprint density at radius 2 is 1.94 bits per heavy atom. The molecule has 1 heterocycles. The average molecular weight is 240 g/mol. The number of carbonyl (C=O) groups is 2. The molecular weight excluding hydrogens is 224 g/mol. The van der Waals surface area contributed by atoms with Crippen LogP contribution in [0.2, 0.25) is 13.1 Å². The second-order valence-electron chi connectivity index (χ2n) is 4.84. The molecule has 0 radical (unpaired) electrons. The Labute approximate surface area is 95.7 Å². The molecule has 2 aliphatic rings. The number of fused-ring (bicyclic) bond motifs is 1. The average Bonchev–Trinajstić information content (AvgIpc) is 2.54. The maximum atomic E-state index is 11.5. The van der Waals surface area contributed by atoms with E-state index in [9.17, 15) is 9.59 Å². The molecular formula is C11H16O4Si. The van der Waals surface area contributed by atoms with E-state index in [-0.39, 0.29) is 23.8 Å². The van der Waals surface area contributed by atoms with Crippen molar-refractivity contribution >= 4 is 20.3 Å². The normalized spacial score (nSPS) is 29.8. The van der Waals surface area contributed by atoms with Crippen LogP contribution in [-0.2, 0) is 18.8 Å². The number of esters is 2. The first-order chi connectivity index (χ1) is 7.45. The van der Waals surface area contributed by atoms with Gasteiger partial charge >= 0.3 is 11.9 Å². The molecule has 1 fully saturated rings. The third kappa shape index (κ3) is 1.74. The summed E-state index contributed by atoms with van der Waals surface area (Å²) in [6.07, 6.45) is 3.31. The zero-order valence-electron chi connectivity index (χ0n) is 9.78. The molecule has 1 aliphatic heterocycles. The first-order valence-corrected chi connectivity index (χ1v) is 8.36. The van der Waals surface area contributed by atoms with Crippen LogP contribution in [0.3, 0.4) is 0 Å². The van der Waals surface area contributed by atoms with E-state index in [1.165, 1.54) is 5.20 Å². The summed E-state index contributed by atoms with van der Waals surface area (Å²) in [7, 11) is -0.140. The Hall–Kier alpha value is -0.943. The van der Waals surface area contributed by atoms with Crippen molar-refractivity contribution in [3.8, 4) is 0 Å². The van der Waals surface area contributed by atoms with Crippen LogP contribution in [0, 0.1) is 11.8 Å². The van der Waals surface area contributed by atoms with Crippen molar-refractivity contribution in [2.45, 2.75) is 25.9 Å². The molecule has 4 nitrogen and oxygen atoms in total. The predicted molar refractivity (Wildman–Crippen MR) is 59.9 cm³/mol. The van der Waals surface area contributed by atoms with E-state index in [4.69, 9.17) is 4.43 Å². The molecule has 2 rings (SSSR count). The molecule has 2 unspecified atom stereocenters. The van der Waals surface area contributed by atoms with E-state index >= 15 is 0 Å². The fraction of sp³-hybridized carbons (Fsp3) is 0.636. The highest BCUT2D eigenvalue weighted by Gasteiger charge is 2.47. The Bertz CT molecular complexity index is 372. The minimum atomic E-state index is -1.85. The molecule has 0 amide bonds. The lowest BCUT2D eigenvalue weighted by molar-refractivity contribution is -0.153. The van der Waals surface area contributed by atoms with Crippen molar-refractivity contribution in [3.63, 3.8) is 0 Å². The van der Waals surface area contributed by atoms with Gasteiger partial charge in [0, 0.05) is 7.11 Å². The number of hydrogen-bond donors (Lipinski definition) is 0. The lowest BCUT2D eigenvalue weighted by atomic mass is 9.85. The molecule has 1 aliphatic carbocycles. The van der Waals surface area contributed by atoms with E-state index in [0.29, 0.717) is 12.8 Å². The molecule has 2 atom stereocenters. The van der Waals surface area contributed by atoms with E-state index in [2.05, 4.69) is 23.9 Å². The number of allylic oxidation sites excluding steroid dienone is 2. The van der Waals surface area contributed by atoms with Crippen LogP contribution in [0.4, 0.5) is 0 Å². The zero-order chi connectivity index (χ0) is 11.9. The van der Waals surface area contributed by atoms with Crippen LogP contribution in [0.5, 0.6) is 0 Å². The molecule has 0 aromatic heterocycles. The van der Waals surface area contributed by atoms with E-state index < -0.39 is 8.32 Å². The van der Waals surface area contributed by atoms with Gasteiger partial charge in [0.1, 0.15) is 0 Å². The van der Waals surface area contributed by atoms with Gasteiger partial charge in [0.15, 0.2) is 0 Å². The SMILES string of the molecule is CO[Si](C)(C)C1=CCC2C(=O)OC(=O)C2C1. The fourth-order valence-corrected chi connectivity index (χ4v) is 3.86. The molecule has 16 heavy (non-hydrogen) atoms. The monoisotopic (exact) mass is 240 g/mol. The van der Waals surface area contributed by atoms with Crippen LogP contribution in [0.25, 0.3) is 0 Å². The molecule has 0 spiro atoms. The largest absolute Gasteiger partial charge is 0.416 e. The number of carbonyl (C=O) groups excluding carboxylic acids is 2. The number of ether oxygens (including phenoxy) is 1. The minimum absolute atomic E-state index is 0.252. The minimum Gasteiger partial charge on any atom is -0.416 e. The Balaban J connectivity index is 2.22. The van der Waals surface area contributed by atoms with Crippen LogP contribution < -0.4 is 0 Å². The number of hydrogen-bond acceptors (Lipinski definition) is 4. The van der Waals surface area contributed by atoms with E-state index in [0.717, 1.165) is 0 Å². The number of rotatable bonds is 2. The summed E-state index contributed by atoms with van der Waals surface area (Å²) in [5.41, 5.74) is 0. The highest BCUT2D eigenvalue weighted by atomic mass is 28.4. The first kappa shape index (κ1) is 11.5. The van der Waals surface area contributed by atoms with Gasteiger partial charge in [-0.05, 0) is 25.9 Å². The smallest absolute Gasteiger partial charge is 0.317 e. The summed E-state index contributed by atoms with van der Waals surface area (Å²) in [6.45, 7) is 4.20. The van der Waals surface area contributed by atoms with Crippen LogP contribution in [0.15, 0.2) is 11.3 Å². The fourth-order valence-electron chi connectivity index (χ4n) is 2.28. The van der Waals surface area contributed by atoms with Gasteiger partial charge in [0.25, 0.3) is 0 Å². The molecule has 0 saturated carbocycles. The summed E-state index contributed by atoms with van der Waals surface area (Å²) in [5, 5.41) is 1.21. The van der Waals surface area contributed by atoms with Crippen molar-refractivity contribution in [2.24, 2.45) is 11.8 Å². The van der Waals surface area contributed by atoms with Crippen molar-refractivity contribution in [1.29, 1.82) is 0 Å². The lowest BCUT2D eigenvalue weighted by Gasteiger charge is -2.29. The van der Waals surface area contributed by atoms with Gasteiger partial charge < -0.3 is 9.16 Å². The molecule has 0 N–H and O–H groups in total. The standard InChI is InChI=1S/C11H16O4Si/c1-14-16(2,3)7-4-5-8-9(6-7)11(13)15-10(8)12/h4,8-9H,5-6H2,1-3H3. The lowest BCUT2D eigenvalue weighted by Crippen LogP contribution is -2.36.